The van der Waals surface area contributed by atoms with Crippen molar-refractivity contribution in [3.05, 3.63) is 51.5 Å². The molecular formula is C20H17BrNO4S2-. The van der Waals surface area contributed by atoms with Crippen LogP contribution in [-0.2, 0) is 9.59 Å². The van der Waals surface area contributed by atoms with Gasteiger partial charge in [0.05, 0.1) is 4.91 Å². The Labute approximate surface area is 180 Å². The molecule has 0 radical (unpaired) electrons. The molecular weight excluding hydrogens is 462 g/mol. The minimum atomic E-state index is -1.05. The number of hydrogen-bond donors (Lipinski definition) is 0. The average molecular weight is 479 g/mol. The number of furan rings is 1. The van der Waals surface area contributed by atoms with Crippen molar-refractivity contribution >= 4 is 62.2 Å². The zero-order chi connectivity index (χ0) is 20.1. The minimum absolute atomic E-state index is 0.0392. The Balaban J connectivity index is 1.62. The Kier molecular flexibility index (Phi) is 7.09. The van der Waals surface area contributed by atoms with Gasteiger partial charge in [0.1, 0.15) is 15.8 Å². The van der Waals surface area contributed by atoms with Crippen molar-refractivity contribution in [3.63, 3.8) is 0 Å². The van der Waals surface area contributed by atoms with Gasteiger partial charge in [0, 0.05) is 28.6 Å². The molecule has 1 aromatic heterocycles. The summed E-state index contributed by atoms with van der Waals surface area (Å²) in [6.07, 6.45) is 3.69. The van der Waals surface area contributed by atoms with Gasteiger partial charge >= 0.3 is 0 Å². The van der Waals surface area contributed by atoms with E-state index in [2.05, 4.69) is 15.9 Å². The van der Waals surface area contributed by atoms with Crippen molar-refractivity contribution < 1.29 is 19.1 Å². The number of carboxylic acid groups (broad SMARTS) is 1. The lowest BCUT2D eigenvalue weighted by Gasteiger charge is -2.14. The molecule has 0 atom stereocenters. The summed E-state index contributed by atoms with van der Waals surface area (Å²) in [7, 11) is 0. The van der Waals surface area contributed by atoms with Crippen molar-refractivity contribution in [1.82, 2.24) is 4.90 Å². The molecule has 0 N–H and O–H groups in total. The number of nitrogens with zero attached hydrogens (tertiary/aromatic N) is 1. The van der Waals surface area contributed by atoms with E-state index in [-0.39, 0.29) is 12.3 Å². The molecule has 2 heterocycles. The fraction of sp³-hybridized carbons (Fsp3) is 0.250. The third kappa shape index (κ3) is 5.33. The zero-order valence-electron chi connectivity index (χ0n) is 14.9. The first kappa shape index (κ1) is 20.8. The maximum absolute atomic E-state index is 12.6. The first-order chi connectivity index (χ1) is 13.4. The number of benzene rings is 1. The van der Waals surface area contributed by atoms with Crippen LogP contribution in [0, 0.1) is 0 Å². The third-order valence-corrected chi connectivity index (χ3v) is 6.07. The predicted molar refractivity (Wildman–Crippen MR) is 115 cm³/mol. The van der Waals surface area contributed by atoms with E-state index < -0.39 is 5.97 Å². The number of carbonyl (C=O) groups excluding carboxylic acids is 2. The lowest BCUT2D eigenvalue weighted by Crippen LogP contribution is -2.29. The van der Waals surface area contributed by atoms with E-state index in [4.69, 9.17) is 16.6 Å². The number of carbonyl (C=O) groups is 2. The number of thioether (sulfide) groups is 1. The number of unbranched alkanes of at least 4 members (excludes halogenated alkanes) is 2. The van der Waals surface area contributed by atoms with Crippen molar-refractivity contribution in [2.75, 3.05) is 6.54 Å². The molecule has 146 valence electrons. The molecule has 1 fully saturated rings. The van der Waals surface area contributed by atoms with E-state index in [1.807, 2.05) is 36.4 Å². The van der Waals surface area contributed by atoms with Gasteiger partial charge in [0.2, 0.25) is 0 Å². The zero-order valence-corrected chi connectivity index (χ0v) is 18.1. The lowest BCUT2D eigenvalue weighted by atomic mass is 10.2. The minimum Gasteiger partial charge on any atom is -0.550 e. The predicted octanol–water partition coefficient (Wildman–Crippen LogP) is 4.22. The number of thiocarbonyl (C=S) groups is 1. The largest absolute Gasteiger partial charge is 0.550 e. The number of rotatable bonds is 8. The third-order valence-electron chi connectivity index (χ3n) is 4.17. The molecule has 0 saturated carbocycles. The first-order valence-corrected chi connectivity index (χ1v) is 10.8. The average Bonchev–Trinajstić information content (AvgIpc) is 3.22. The number of carboxylic acids is 1. The highest BCUT2D eigenvalue weighted by molar-refractivity contribution is 9.10. The van der Waals surface area contributed by atoms with Crippen LogP contribution in [-0.4, -0.2) is 27.6 Å². The van der Waals surface area contributed by atoms with Crippen LogP contribution in [0.1, 0.15) is 31.4 Å². The molecule has 0 unspecified atom stereocenters. The van der Waals surface area contributed by atoms with E-state index in [0.29, 0.717) is 40.8 Å². The molecule has 1 aromatic carbocycles. The maximum atomic E-state index is 12.6. The summed E-state index contributed by atoms with van der Waals surface area (Å²) < 4.78 is 7.35. The summed E-state index contributed by atoms with van der Waals surface area (Å²) in [5.74, 6) is 0.125. The van der Waals surface area contributed by atoms with Crippen molar-refractivity contribution in [3.8, 4) is 11.3 Å². The first-order valence-electron chi connectivity index (χ1n) is 8.75. The fourth-order valence-corrected chi connectivity index (χ4v) is 4.29. The molecule has 0 bridgehead atoms. The van der Waals surface area contributed by atoms with Crippen LogP contribution >= 0.6 is 39.9 Å². The molecule has 3 rings (SSSR count). The van der Waals surface area contributed by atoms with Gasteiger partial charge in [0.25, 0.3) is 5.91 Å². The number of amides is 1. The normalized spacial score (nSPS) is 15.6. The summed E-state index contributed by atoms with van der Waals surface area (Å²) in [5.41, 5.74) is 0.951. The summed E-state index contributed by atoms with van der Waals surface area (Å²) in [5, 5.41) is 10.4. The second-order valence-corrected chi connectivity index (χ2v) is 8.82. The second-order valence-electron chi connectivity index (χ2n) is 6.22. The Morgan fingerprint density at radius 1 is 1.18 bits per heavy atom. The summed E-state index contributed by atoms with van der Waals surface area (Å²) in [6.45, 7) is 0.483. The SMILES string of the molecule is O=C([O-])CCCCCN1C(=O)/C(=C\c2ccc(-c3ccc(Br)cc3)o2)SC1=S. The number of aliphatic carboxylic acids is 1. The molecule has 1 amide bonds. The monoisotopic (exact) mass is 478 g/mol. The fourth-order valence-electron chi connectivity index (χ4n) is 2.74. The second kappa shape index (κ2) is 9.54. The quantitative estimate of drug-likeness (QED) is 0.321. The van der Waals surface area contributed by atoms with Crippen LogP contribution in [0.25, 0.3) is 17.4 Å². The Morgan fingerprint density at radius 2 is 1.93 bits per heavy atom. The van der Waals surface area contributed by atoms with Crippen LogP contribution in [0.3, 0.4) is 0 Å². The summed E-state index contributed by atoms with van der Waals surface area (Å²) in [6, 6.07) is 11.5. The van der Waals surface area contributed by atoms with Crippen molar-refractivity contribution in [2.24, 2.45) is 0 Å². The Hall–Kier alpha value is -1.90. The van der Waals surface area contributed by atoms with Gasteiger partial charge in [-0.2, -0.15) is 0 Å². The Bertz CT molecular complexity index is 921. The molecule has 0 aliphatic carbocycles. The van der Waals surface area contributed by atoms with Crippen molar-refractivity contribution in [2.45, 2.75) is 25.7 Å². The van der Waals surface area contributed by atoms with Gasteiger partial charge in [-0.25, -0.2) is 0 Å². The van der Waals surface area contributed by atoms with Crippen LogP contribution in [0.2, 0.25) is 0 Å². The Morgan fingerprint density at radius 3 is 2.64 bits per heavy atom. The molecule has 8 heteroatoms. The molecule has 2 aromatic rings. The maximum Gasteiger partial charge on any atom is 0.266 e. The van der Waals surface area contributed by atoms with E-state index in [9.17, 15) is 14.7 Å². The molecule has 28 heavy (non-hydrogen) atoms. The lowest BCUT2D eigenvalue weighted by molar-refractivity contribution is -0.305. The smallest absolute Gasteiger partial charge is 0.266 e. The number of halogens is 1. The standard InChI is InChI=1S/C20H18BrNO4S2/c21-14-7-5-13(6-8-14)16-10-9-15(26-16)12-17-19(25)22(20(27)28-17)11-3-1-2-4-18(23)24/h5-10,12H,1-4,11H2,(H,23,24)/p-1/b17-12+. The van der Waals surface area contributed by atoms with E-state index in [1.165, 1.54) is 11.8 Å². The topological polar surface area (TPSA) is 73.6 Å². The van der Waals surface area contributed by atoms with Gasteiger partial charge in [0.15, 0.2) is 0 Å². The van der Waals surface area contributed by atoms with Gasteiger partial charge in [-0.1, -0.05) is 58.5 Å². The molecule has 1 aliphatic rings. The summed E-state index contributed by atoms with van der Waals surface area (Å²) in [4.78, 5) is 25.1. The van der Waals surface area contributed by atoms with Crippen molar-refractivity contribution in [1.29, 1.82) is 0 Å². The van der Waals surface area contributed by atoms with Gasteiger partial charge in [-0.15, -0.1) is 0 Å². The highest BCUT2D eigenvalue weighted by Crippen LogP contribution is 2.34. The van der Waals surface area contributed by atoms with Crippen LogP contribution in [0.5, 0.6) is 0 Å². The highest BCUT2D eigenvalue weighted by atomic mass is 79.9. The van der Waals surface area contributed by atoms with Gasteiger partial charge in [-0.3, -0.25) is 9.69 Å². The van der Waals surface area contributed by atoms with E-state index >= 15 is 0 Å². The molecule has 1 saturated heterocycles. The summed E-state index contributed by atoms with van der Waals surface area (Å²) >= 11 is 9.97. The number of hydrogen-bond acceptors (Lipinski definition) is 6. The van der Waals surface area contributed by atoms with Crippen LogP contribution < -0.4 is 5.11 Å². The molecule has 5 nitrogen and oxygen atoms in total. The van der Waals surface area contributed by atoms with E-state index in [1.54, 1.807) is 11.0 Å². The van der Waals surface area contributed by atoms with Gasteiger partial charge < -0.3 is 14.3 Å². The highest BCUT2D eigenvalue weighted by Gasteiger charge is 2.31. The van der Waals surface area contributed by atoms with Gasteiger partial charge in [-0.05, 0) is 43.5 Å². The molecule has 1 aliphatic heterocycles. The van der Waals surface area contributed by atoms with Crippen LogP contribution in [0.15, 0.2) is 50.2 Å². The molecule has 0 spiro atoms. The van der Waals surface area contributed by atoms with E-state index in [0.717, 1.165) is 15.8 Å². The van der Waals surface area contributed by atoms with Crippen LogP contribution in [0.4, 0.5) is 0 Å².